The van der Waals surface area contributed by atoms with E-state index >= 15 is 0 Å². The van der Waals surface area contributed by atoms with Crippen LogP contribution in [0.4, 0.5) is 0 Å². The summed E-state index contributed by atoms with van der Waals surface area (Å²) in [5, 5.41) is 0.274. The smallest absolute Gasteiger partial charge is 0.311 e. The van der Waals surface area contributed by atoms with E-state index in [9.17, 15) is 4.79 Å². The van der Waals surface area contributed by atoms with Crippen molar-refractivity contribution in [2.45, 2.75) is 279 Å². The van der Waals surface area contributed by atoms with Crippen LogP contribution in [0.1, 0.15) is 254 Å². The minimum Gasteiger partial charge on any atom is -0.465 e. The second kappa shape index (κ2) is 33.5. The van der Waals surface area contributed by atoms with Gasteiger partial charge in [-0.3, -0.25) is 4.79 Å². The fraction of sp³-hybridized carbons (Fsp3) is 0.939. The third-order valence-electron chi connectivity index (χ3n) is 12.0. The second-order valence-corrected chi connectivity index (χ2v) is 24.4. The van der Waals surface area contributed by atoms with Crippen molar-refractivity contribution in [2.24, 2.45) is 11.3 Å². The minimum absolute atomic E-state index is 0.0814. The van der Waals surface area contributed by atoms with E-state index in [4.69, 9.17) is 9.16 Å². The van der Waals surface area contributed by atoms with Gasteiger partial charge in [0.15, 0.2) is 8.32 Å². The lowest BCUT2D eigenvalue weighted by molar-refractivity contribution is -0.153. The first-order valence-corrected chi connectivity index (χ1v) is 26.6. The number of carbonyl (C=O) groups is 1. The molecule has 0 aromatic heterocycles. The van der Waals surface area contributed by atoms with E-state index in [1.165, 1.54) is 193 Å². The molecule has 0 rings (SSSR count). The van der Waals surface area contributed by atoms with Crippen LogP contribution in [0.3, 0.4) is 0 Å². The van der Waals surface area contributed by atoms with Crippen LogP contribution in [0.25, 0.3) is 0 Å². The molecule has 0 aromatic rings. The maximum atomic E-state index is 11.8. The molecule has 0 aromatic carbocycles. The third kappa shape index (κ3) is 32.2. The van der Waals surface area contributed by atoms with E-state index in [1.807, 2.05) is 20.8 Å². The van der Waals surface area contributed by atoms with Crippen molar-refractivity contribution >= 4 is 14.3 Å². The van der Waals surface area contributed by atoms with Gasteiger partial charge in [-0.15, -0.1) is 0 Å². The molecule has 0 aliphatic rings. The Labute approximate surface area is 335 Å². The molecule has 0 radical (unpaired) electrons. The van der Waals surface area contributed by atoms with Crippen molar-refractivity contribution < 1.29 is 14.0 Å². The second-order valence-electron chi connectivity index (χ2n) is 19.6. The molecule has 0 spiro atoms. The average Bonchev–Trinajstić information content (AvgIpc) is 3.09. The predicted molar refractivity (Wildman–Crippen MR) is 240 cm³/mol. The lowest BCUT2D eigenvalue weighted by atomic mass is 9.93. The molecule has 0 aliphatic carbocycles. The van der Waals surface area contributed by atoms with E-state index < -0.39 is 8.32 Å². The summed E-state index contributed by atoms with van der Waals surface area (Å²) < 4.78 is 12.5. The first-order chi connectivity index (χ1) is 25.2. The van der Waals surface area contributed by atoms with Gasteiger partial charge in [0.1, 0.15) is 0 Å². The molecule has 53 heavy (non-hydrogen) atoms. The molecule has 2 atom stereocenters. The highest BCUT2D eigenvalue weighted by atomic mass is 28.4. The Morgan fingerprint density at radius 2 is 0.887 bits per heavy atom. The molecule has 316 valence electrons. The number of esters is 1. The molecule has 0 saturated carbocycles. The number of rotatable bonds is 37. The Hall–Kier alpha value is -0.613. The van der Waals surface area contributed by atoms with Crippen molar-refractivity contribution in [1.29, 1.82) is 0 Å². The van der Waals surface area contributed by atoms with E-state index in [1.54, 1.807) is 0 Å². The molecule has 4 heteroatoms. The normalized spacial score (nSPS) is 13.9. The highest BCUT2D eigenvalue weighted by Crippen LogP contribution is 2.39. The lowest BCUT2D eigenvalue weighted by Gasteiger charge is -2.41. The fourth-order valence-electron chi connectivity index (χ4n) is 7.04. The monoisotopic (exact) mass is 763 g/mol. The summed E-state index contributed by atoms with van der Waals surface area (Å²) >= 11 is 0. The Kier molecular flexibility index (Phi) is 33.1. The van der Waals surface area contributed by atoms with Gasteiger partial charge in [0.2, 0.25) is 0 Å². The van der Waals surface area contributed by atoms with E-state index in [0.29, 0.717) is 18.6 Å². The first-order valence-electron chi connectivity index (χ1n) is 23.7. The van der Waals surface area contributed by atoms with Crippen LogP contribution in [0.5, 0.6) is 0 Å². The maximum Gasteiger partial charge on any atom is 0.311 e. The zero-order valence-electron chi connectivity index (χ0n) is 38.2. The van der Waals surface area contributed by atoms with E-state index in [2.05, 4.69) is 59.9 Å². The molecule has 0 aliphatic heterocycles. The molecule has 0 heterocycles. The van der Waals surface area contributed by atoms with Gasteiger partial charge in [-0.2, -0.15) is 0 Å². The average molecular weight is 763 g/mol. The summed E-state index contributed by atoms with van der Waals surface area (Å²) in [6.07, 6.45) is 47.4. The Morgan fingerprint density at radius 3 is 1.28 bits per heavy atom. The lowest BCUT2D eigenvalue weighted by Crippen LogP contribution is -2.45. The number of allylic oxidation sites excluding steroid dienone is 2. The van der Waals surface area contributed by atoms with Gasteiger partial charge in [-0.05, 0) is 89.8 Å². The summed E-state index contributed by atoms with van der Waals surface area (Å²) in [6, 6.07) is 0. The van der Waals surface area contributed by atoms with Crippen LogP contribution < -0.4 is 0 Å². The Morgan fingerprint density at radius 1 is 0.528 bits per heavy atom. The van der Waals surface area contributed by atoms with Crippen LogP contribution >= 0.6 is 0 Å². The highest BCUT2D eigenvalue weighted by Gasteiger charge is 2.40. The summed E-state index contributed by atoms with van der Waals surface area (Å²) in [4.78, 5) is 11.8. The van der Waals surface area contributed by atoms with Crippen molar-refractivity contribution in [2.75, 3.05) is 6.61 Å². The molecule has 3 nitrogen and oxygen atoms in total. The molecule has 0 unspecified atom stereocenters. The van der Waals surface area contributed by atoms with E-state index in [0.717, 1.165) is 6.42 Å². The summed E-state index contributed by atoms with van der Waals surface area (Å²) in [5.41, 5.74) is -0.387. The van der Waals surface area contributed by atoms with E-state index in [-0.39, 0.29) is 16.4 Å². The maximum absolute atomic E-state index is 11.8. The van der Waals surface area contributed by atoms with Gasteiger partial charge >= 0.3 is 5.97 Å². The Bertz CT molecular complexity index is 836. The van der Waals surface area contributed by atoms with Gasteiger partial charge in [0, 0.05) is 6.10 Å². The van der Waals surface area contributed by atoms with Gasteiger partial charge in [-0.25, -0.2) is 0 Å². The van der Waals surface area contributed by atoms with Crippen molar-refractivity contribution in [3.63, 3.8) is 0 Å². The molecular formula is C49H98O3Si. The molecule has 0 N–H and O–H groups in total. The summed E-state index contributed by atoms with van der Waals surface area (Å²) in [7, 11) is -1.77. The highest BCUT2D eigenvalue weighted by molar-refractivity contribution is 6.74. The van der Waals surface area contributed by atoms with Crippen molar-refractivity contribution in [3.05, 3.63) is 12.2 Å². The van der Waals surface area contributed by atoms with Crippen LogP contribution in [0, 0.1) is 11.3 Å². The van der Waals surface area contributed by atoms with Crippen LogP contribution in [-0.2, 0) is 14.0 Å². The molecule has 0 amide bonds. The predicted octanol–water partition coefficient (Wildman–Crippen LogP) is 17.3. The van der Waals surface area contributed by atoms with Crippen LogP contribution in [0.2, 0.25) is 18.1 Å². The topological polar surface area (TPSA) is 35.5 Å². The molecular weight excluding hydrogens is 665 g/mol. The van der Waals surface area contributed by atoms with Crippen molar-refractivity contribution in [3.8, 4) is 0 Å². The quantitative estimate of drug-likeness (QED) is 0.0274. The molecule has 0 bridgehead atoms. The van der Waals surface area contributed by atoms with Crippen LogP contribution in [0.15, 0.2) is 12.2 Å². The largest absolute Gasteiger partial charge is 0.465 e. The Balaban J connectivity index is 4.02. The first kappa shape index (κ1) is 52.4. The number of carbonyl (C=O) groups excluding carboxylic acids is 1. The van der Waals surface area contributed by atoms with Crippen LogP contribution in [-0.4, -0.2) is 27.0 Å². The van der Waals surface area contributed by atoms with Gasteiger partial charge in [-0.1, -0.05) is 201 Å². The summed E-state index contributed by atoms with van der Waals surface area (Å²) in [6.45, 7) is 23.2. The number of hydrogen-bond donors (Lipinski definition) is 0. The molecule has 0 saturated heterocycles. The zero-order chi connectivity index (χ0) is 39.7. The number of hydrogen-bond acceptors (Lipinski definition) is 3. The number of ether oxygens (including phenoxy) is 1. The van der Waals surface area contributed by atoms with Gasteiger partial charge < -0.3 is 9.16 Å². The fourth-order valence-corrected chi connectivity index (χ4v) is 8.50. The minimum atomic E-state index is -1.77. The van der Waals surface area contributed by atoms with Gasteiger partial charge in [0.05, 0.1) is 12.0 Å². The SMILES string of the molecule is CCCCCCCCCCCCCCCCCC[C@H](C)[C@H](CCCCCCC=CCCCCCCCCCOC(=O)C(C)(C)C)O[Si](C)(C)C(C)(C)C. The third-order valence-corrected chi connectivity index (χ3v) is 16.5. The molecule has 0 fully saturated rings. The standard InChI is InChI=1S/C49H98O3Si/c1-11-12-13-14-15-16-17-18-19-21-24-27-30-33-36-39-42-45(2)46(52-53(9,10)49(6,7)8)43-40-37-34-31-28-25-22-20-23-26-29-32-35-38-41-44-51-47(50)48(3,4)5/h22,25,45-46H,11-21,23-24,26-44H2,1-10H3/t45-,46-/m0/s1. The van der Waals surface area contributed by atoms with Gasteiger partial charge in [0.25, 0.3) is 0 Å². The number of unbranched alkanes of at least 4 members (excludes halogenated alkanes) is 26. The van der Waals surface area contributed by atoms with Crippen molar-refractivity contribution in [1.82, 2.24) is 0 Å². The zero-order valence-corrected chi connectivity index (χ0v) is 39.2. The summed E-state index contributed by atoms with van der Waals surface area (Å²) in [5.74, 6) is 0.589.